The monoisotopic (exact) mass is 693 g/mol. The molecule has 0 aromatic heterocycles. The first kappa shape index (κ1) is 31.5. The van der Waals surface area contributed by atoms with E-state index in [2.05, 4.69) is 5.43 Å². The van der Waals surface area contributed by atoms with Gasteiger partial charge in [-0.3, -0.25) is 29.5 Å². The Hall–Kier alpha value is -4.05. The van der Waals surface area contributed by atoms with Crippen molar-refractivity contribution in [2.24, 2.45) is 23.7 Å². The van der Waals surface area contributed by atoms with Crippen LogP contribution in [0.25, 0.3) is 0 Å². The number of hydrogen-bond acceptors (Lipinski definition) is 7. The lowest BCUT2D eigenvalue weighted by Gasteiger charge is -2.50. The number of imide groups is 2. The Morgan fingerprint density at radius 3 is 2.32 bits per heavy atom. The van der Waals surface area contributed by atoms with Crippen LogP contribution in [0.5, 0.6) is 11.5 Å². The first-order chi connectivity index (χ1) is 22.5. The molecular formula is C35H30Cl3N3O6. The van der Waals surface area contributed by atoms with Gasteiger partial charge in [0.2, 0.25) is 11.8 Å². The number of rotatable bonds is 6. The highest BCUT2D eigenvalue weighted by atomic mass is 35.5. The summed E-state index contributed by atoms with van der Waals surface area (Å²) >= 11 is 19.5. The Labute approximate surface area is 286 Å². The average molecular weight is 695 g/mol. The summed E-state index contributed by atoms with van der Waals surface area (Å²) in [6.45, 7) is 2.01. The van der Waals surface area contributed by atoms with Crippen LogP contribution in [-0.4, -0.2) is 52.3 Å². The molecule has 2 aliphatic carbocycles. The number of carbonyl (C=O) groups is 4. The van der Waals surface area contributed by atoms with E-state index in [9.17, 15) is 19.5 Å². The van der Waals surface area contributed by atoms with Gasteiger partial charge in [0.25, 0.3) is 11.8 Å². The van der Waals surface area contributed by atoms with Crippen LogP contribution >= 0.6 is 34.8 Å². The van der Waals surface area contributed by atoms with E-state index >= 15 is 4.79 Å². The molecule has 2 saturated heterocycles. The van der Waals surface area contributed by atoms with Gasteiger partial charge in [0, 0.05) is 22.5 Å². The van der Waals surface area contributed by atoms with E-state index in [-0.39, 0.29) is 40.6 Å². The fourth-order valence-corrected chi connectivity index (χ4v) is 9.05. The van der Waals surface area contributed by atoms with Gasteiger partial charge in [-0.05, 0) is 79.3 Å². The van der Waals surface area contributed by atoms with Gasteiger partial charge in [0.15, 0.2) is 0 Å². The number of allylic oxidation sites excluding steroid dienone is 2. The lowest BCUT2D eigenvalue weighted by Crippen LogP contribution is -2.53. The normalized spacial score (nSPS) is 28.2. The third-order valence-corrected chi connectivity index (χ3v) is 11.2. The molecule has 9 nitrogen and oxygen atoms in total. The van der Waals surface area contributed by atoms with Gasteiger partial charge < -0.3 is 9.84 Å². The first-order valence-corrected chi connectivity index (χ1v) is 16.4. The largest absolute Gasteiger partial charge is 0.508 e. The number of nitrogens with one attached hydrogen (secondary N) is 1. The molecule has 3 aromatic carbocycles. The molecule has 7 rings (SSSR count). The standard InChI is InChI=1S/C35H30Cl3N3O6/c1-3-40-31(43)23-12-11-21-24(29(23)33(40)45)16-25-32(44)41(39-28-13-6-18(36)14-27(28)38)34(46)35(25,17-4-8-20(47-2)9-5-17)30(21)22-10-7-19(42)15-26(22)37/h4-11,13-15,23-25,29-30,39,42H,3,12,16H2,1-2H3. The molecule has 2 aliphatic heterocycles. The molecule has 3 fully saturated rings. The number of phenolic OH excluding ortho intramolecular Hbond substituents is 1. The van der Waals surface area contributed by atoms with Gasteiger partial charge in [-0.15, -0.1) is 0 Å². The van der Waals surface area contributed by atoms with Gasteiger partial charge in [-0.25, -0.2) is 0 Å². The van der Waals surface area contributed by atoms with Gasteiger partial charge in [-0.2, -0.15) is 5.01 Å². The van der Waals surface area contributed by atoms with Crippen LogP contribution in [0.2, 0.25) is 15.1 Å². The molecular weight excluding hydrogens is 665 g/mol. The van der Waals surface area contributed by atoms with Gasteiger partial charge in [0.1, 0.15) is 11.5 Å². The molecule has 0 spiro atoms. The predicted octanol–water partition coefficient (Wildman–Crippen LogP) is 6.37. The smallest absolute Gasteiger partial charge is 0.260 e. The van der Waals surface area contributed by atoms with E-state index in [0.717, 1.165) is 10.6 Å². The molecule has 2 N–H and O–H groups in total. The van der Waals surface area contributed by atoms with Gasteiger partial charge in [0.05, 0.1) is 41.0 Å². The van der Waals surface area contributed by atoms with E-state index in [1.165, 1.54) is 30.2 Å². The van der Waals surface area contributed by atoms with Crippen molar-refractivity contribution in [1.29, 1.82) is 0 Å². The summed E-state index contributed by atoms with van der Waals surface area (Å²) in [7, 11) is 1.54. The van der Waals surface area contributed by atoms with Crippen LogP contribution in [-0.2, 0) is 24.6 Å². The third-order valence-electron chi connectivity index (χ3n) is 10.3. The van der Waals surface area contributed by atoms with Crippen LogP contribution in [0.4, 0.5) is 5.69 Å². The number of ether oxygens (including phenoxy) is 1. The molecule has 0 radical (unpaired) electrons. The number of benzene rings is 3. The minimum atomic E-state index is -1.54. The lowest BCUT2D eigenvalue weighted by atomic mass is 9.49. The Morgan fingerprint density at radius 2 is 1.66 bits per heavy atom. The zero-order valence-electron chi connectivity index (χ0n) is 25.4. The molecule has 4 amide bonds. The lowest BCUT2D eigenvalue weighted by molar-refractivity contribution is -0.141. The number of hydrogen-bond donors (Lipinski definition) is 2. The zero-order valence-corrected chi connectivity index (χ0v) is 27.6. The van der Waals surface area contributed by atoms with Crippen LogP contribution < -0.4 is 10.2 Å². The molecule has 242 valence electrons. The molecule has 1 saturated carbocycles. The van der Waals surface area contributed by atoms with Crippen LogP contribution in [0.15, 0.2) is 72.3 Å². The highest BCUT2D eigenvalue weighted by Crippen LogP contribution is 2.64. The molecule has 4 aliphatic rings. The van der Waals surface area contributed by atoms with Crippen molar-refractivity contribution in [3.63, 3.8) is 0 Å². The number of carbonyl (C=O) groups excluding carboxylic acids is 4. The molecule has 47 heavy (non-hydrogen) atoms. The predicted molar refractivity (Wildman–Crippen MR) is 176 cm³/mol. The number of halogens is 3. The minimum Gasteiger partial charge on any atom is -0.508 e. The Bertz CT molecular complexity index is 1880. The van der Waals surface area contributed by atoms with Crippen molar-refractivity contribution in [2.45, 2.75) is 31.1 Å². The summed E-state index contributed by atoms with van der Waals surface area (Å²) in [6.07, 6.45) is 2.39. The molecule has 0 bridgehead atoms. The maximum atomic E-state index is 15.2. The fraction of sp³-hybridized carbons (Fsp3) is 0.314. The van der Waals surface area contributed by atoms with Crippen LogP contribution in [0.1, 0.15) is 36.8 Å². The number of aromatic hydroxyl groups is 1. The zero-order chi connectivity index (χ0) is 33.4. The van der Waals surface area contributed by atoms with E-state index in [1.807, 2.05) is 6.08 Å². The minimum absolute atomic E-state index is 0.0662. The summed E-state index contributed by atoms with van der Waals surface area (Å²) in [5.74, 6) is -4.64. The number of amides is 4. The average Bonchev–Trinajstić information content (AvgIpc) is 3.43. The molecule has 6 atom stereocenters. The molecule has 12 heteroatoms. The quantitative estimate of drug-likeness (QED) is 0.228. The number of hydrazine groups is 1. The third kappa shape index (κ3) is 4.58. The van der Waals surface area contributed by atoms with Crippen molar-refractivity contribution in [1.82, 2.24) is 9.91 Å². The molecule has 6 unspecified atom stereocenters. The first-order valence-electron chi connectivity index (χ1n) is 15.3. The summed E-state index contributed by atoms with van der Waals surface area (Å²) in [5.41, 5.74) is 3.54. The van der Waals surface area contributed by atoms with E-state index in [1.54, 1.807) is 49.4 Å². The Morgan fingerprint density at radius 1 is 0.915 bits per heavy atom. The second kappa shape index (κ2) is 11.6. The topological polar surface area (TPSA) is 116 Å². The number of anilines is 1. The van der Waals surface area contributed by atoms with Crippen molar-refractivity contribution < 1.29 is 29.0 Å². The number of fused-ring (bicyclic) bond motifs is 4. The van der Waals surface area contributed by atoms with Crippen molar-refractivity contribution in [3.05, 3.63) is 98.5 Å². The second-order valence-electron chi connectivity index (χ2n) is 12.3. The van der Waals surface area contributed by atoms with E-state index in [0.29, 0.717) is 34.0 Å². The maximum absolute atomic E-state index is 15.2. The van der Waals surface area contributed by atoms with Gasteiger partial charge in [-0.1, -0.05) is 64.7 Å². The van der Waals surface area contributed by atoms with Crippen molar-refractivity contribution in [3.8, 4) is 11.5 Å². The highest BCUT2D eigenvalue weighted by Gasteiger charge is 2.70. The SMILES string of the molecule is CCN1C(=O)C2CC=C3C(CC4C(=O)N(Nc5ccc(Cl)cc5Cl)C(=O)C4(c4ccc(OC)cc4)C3c3ccc(O)cc3Cl)C2C1=O. The molecule has 2 heterocycles. The maximum Gasteiger partial charge on any atom is 0.260 e. The second-order valence-corrected chi connectivity index (χ2v) is 13.6. The number of phenols is 1. The fourth-order valence-electron chi connectivity index (χ4n) is 8.31. The van der Waals surface area contributed by atoms with E-state index < -0.39 is 46.8 Å². The van der Waals surface area contributed by atoms with Gasteiger partial charge >= 0.3 is 0 Å². The Kier molecular flexibility index (Phi) is 7.77. The summed E-state index contributed by atoms with van der Waals surface area (Å²) in [6, 6.07) is 16.2. The van der Waals surface area contributed by atoms with Crippen LogP contribution in [0.3, 0.4) is 0 Å². The number of nitrogens with zero attached hydrogens (tertiary/aromatic N) is 2. The summed E-state index contributed by atoms with van der Waals surface area (Å²) < 4.78 is 5.42. The number of methoxy groups -OCH3 is 1. The highest BCUT2D eigenvalue weighted by molar-refractivity contribution is 6.36. The molecule has 3 aromatic rings. The van der Waals surface area contributed by atoms with Crippen LogP contribution in [0, 0.1) is 23.7 Å². The van der Waals surface area contributed by atoms with E-state index in [4.69, 9.17) is 39.5 Å². The summed E-state index contributed by atoms with van der Waals surface area (Å²) in [4.78, 5) is 58.3. The number of likely N-dealkylation sites (tertiary alicyclic amines) is 1. The summed E-state index contributed by atoms with van der Waals surface area (Å²) in [5, 5.41) is 12.1. The Balaban J connectivity index is 1.48. The van der Waals surface area contributed by atoms with Crippen molar-refractivity contribution >= 4 is 64.1 Å². The van der Waals surface area contributed by atoms with Crippen molar-refractivity contribution in [2.75, 3.05) is 19.1 Å².